The third-order valence-corrected chi connectivity index (χ3v) is 4.45. The van der Waals surface area contributed by atoms with Gasteiger partial charge >= 0.3 is 0 Å². The summed E-state index contributed by atoms with van der Waals surface area (Å²) in [6, 6.07) is 16.1. The molecule has 0 bridgehead atoms. The third kappa shape index (κ3) is 2.40. The van der Waals surface area contributed by atoms with Crippen LogP contribution in [-0.4, -0.2) is 22.7 Å². The highest BCUT2D eigenvalue weighted by Crippen LogP contribution is 2.36. The number of ether oxygens (including phenoxy) is 1. The van der Waals surface area contributed by atoms with Crippen molar-refractivity contribution in [1.29, 1.82) is 0 Å². The maximum absolute atomic E-state index is 11.7. The summed E-state index contributed by atoms with van der Waals surface area (Å²) in [6.07, 6.45) is 2.90. The second kappa shape index (κ2) is 5.96. The monoisotopic (exact) mass is 318 g/mol. The van der Waals surface area contributed by atoms with Crippen LogP contribution in [0.3, 0.4) is 0 Å². The van der Waals surface area contributed by atoms with Gasteiger partial charge in [-0.2, -0.15) is 5.10 Å². The van der Waals surface area contributed by atoms with Crippen LogP contribution in [-0.2, 0) is 13.5 Å². The zero-order valence-electron chi connectivity index (χ0n) is 13.5. The van der Waals surface area contributed by atoms with Gasteiger partial charge in [-0.25, -0.2) is 0 Å². The Hall–Kier alpha value is -2.88. The normalized spacial score (nSPS) is 13.2. The fraction of sp³-hybridized carbons (Fsp3) is 0.200. The minimum Gasteiger partial charge on any atom is -0.493 e. The number of benzene rings is 2. The second-order valence-corrected chi connectivity index (χ2v) is 5.99. The van der Waals surface area contributed by atoms with Gasteiger partial charge in [-0.05, 0) is 36.1 Å². The molecule has 4 nitrogen and oxygen atoms in total. The van der Waals surface area contributed by atoms with Crippen LogP contribution >= 0.6 is 0 Å². The Morgan fingerprint density at radius 2 is 1.96 bits per heavy atom. The molecule has 1 aliphatic heterocycles. The van der Waals surface area contributed by atoms with Gasteiger partial charge in [0.15, 0.2) is 6.29 Å². The lowest BCUT2D eigenvalue weighted by Crippen LogP contribution is -2.08. The molecule has 0 aliphatic carbocycles. The number of carbonyl (C=O) groups excluding carboxylic acids is 1. The van der Waals surface area contributed by atoms with Gasteiger partial charge < -0.3 is 4.74 Å². The van der Waals surface area contributed by atoms with Crippen molar-refractivity contribution in [3.05, 3.63) is 59.8 Å². The standard InChI is InChI=1S/C20H18N2O2/c1-22-17(13-23)19(20(21-22)14-6-3-2-4-7-14)16-9-10-18-15(12-16)8-5-11-24-18/h2-4,6-7,9-10,12-13H,5,8,11H2,1H3. The first-order chi connectivity index (χ1) is 11.8. The number of carbonyl (C=O) groups is 1. The van der Waals surface area contributed by atoms with E-state index in [4.69, 9.17) is 4.74 Å². The second-order valence-electron chi connectivity index (χ2n) is 5.99. The van der Waals surface area contributed by atoms with Crippen LogP contribution in [0.4, 0.5) is 0 Å². The van der Waals surface area contributed by atoms with E-state index in [1.54, 1.807) is 11.7 Å². The number of aromatic nitrogens is 2. The Kier molecular flexibility index (Phi) is 3.65. The number of rotatable bonds is 3. The number of aldehydes is 1. The van der Waals surface area contributed by atoms with E-state index in [9.17, 15) is 4.79 Å². The Labute approximate surface area is 140 Å². The topological polar surface area (TPSA) is 44.1 Å². The largest absolute Gasteiger partial charge is 0.493 e. The van der Waals surface area contributed by atoms with Crippen molar-refractivity contribution in [2.24, 2.45) is 7.05 Å². The summed E-state index contributed by atoms with van der Waals surface area (Å²) in [4.78, 5) is 11.7. The van der Waals surface area contributed by atoms with E-state index in [1.165, 1.54) is 5.56 Å². The molecule has 3 aromatic rings. The predicted octanol–water partition coefficient (Wildman–Crippen LogP) is 3.89. The average molecular weight is 318 g/mol. The van der Waals surface area contributed by atoms with E-state index in [0.29, 0.717) is 5.69 Å². The molecule has 4 rings (SSSR count). The van der Waals surface area contributed by atoms with Gasteiger partial charge in [-0.3, -0.25) is 9.48 Å². The van der Waals surface area contributed by atoms with E-state index in [2.05, 4.69) is 11.2 Å². The molecule has 0 saturated carbocycles. The minimum atomic E-state index is 0.588. The highest BCUT2D eigenvalue weighted by Gasteiger charge is 2.20. The summed E-state index contributed by atoms with van der Waals surface area (Å²) in [6.45, 7) is 0.772. The summed E-state index contributed by atoms with van der Waals surface area (Å²) < 4.78 is 7.35. The Balaban J connectivity index is 1.92. The molecule has 0 amide bonds. The van der Waals surface area contributed by atoms with Gasteiger partial charge in [0.05, 0.1) is 6.61 Å². The fourth-order valence-corrected chi connectivity index (χ4v) is 3.27. The van der Waals surface area contributed by atoms with Crippen LogP contribution < -0.4 is 4.74 Å². The molecule has 24 heavy (non-hydrogen) atoms. The summed E-state index contributed by atoms with van der Waals surface area (Å²) >= 11 is 0. The van der Waals surface area contributed by atoms with Crippen molar-refractivity contribution in [2.45, 2.75) is 12.8 Å². The van der Waals surface area contributed by atoms with Gasteiger partial charge in [0.25, 0.3) is 0 Å². The number of aryl methyl sites for hydroxylation is 2. The molecule has 0 radical (unpaired) electrons. The first-order valence-electron chi connectivity index (χ1n) is 8.11. The van der Waals surface area contributed by atoms with E-state index >= 15 is 0 Å². The van der Waals surface area contributed by atoms with E-state index in [-0.39, 0.29) is 0 Å². The molecule has 0 unspecified atom stereocenters. The van der Waals surface area contributed by atoms with E-state index < -0.39 is 0 Å². The van der Waals surface area contributed by atoms with Crippen molar-refractivity contribution in [1.82, 2.24) is 9.78 Å². The minimum absolute atomic E-state index is 0.588. The maximum atomic E-state index is 11.7. The highest BCUT2D eigenvalue weighted by atomic mass is 16.5. The summed E-state index contributed by atoms with van der Waals surface area (Å²) in [5.41, 5.74) is 5.51. The Morgan fingerprint density at radius 3 is 2.75 bits per heavy atom. The first-order valence-corrected chi connectivity index (χ1v) is 8.11. The molecule has 0 spiro atoms. The Bertz CT molecular complexity index is 898. The van der Waals surface area contributed by atoms with Crippen LogP contribution in [0.15, 0.2) is 48.5 Å². The first kappa shape index (κ1) is 14.7. The van der Waals surface area contributed by atoms with E-state index in [0.717, 1.165) is 53.9 Å². The number of hydrogen-bond acceptors (Lipinski definition) is 3. The SMILES string of the molecule is Cn1nc(-c2ccccc2)c(-c2ccc3c(c2)CCCO3)c1C=O. The lowest BCUT2D eigenvalue weighted by atomic mass is 9.95. The maximum Gasteiger partial charge on any atom is 0.168 e. The smallest absolute Gasteiger partial charge is 0.168 e. The molecule has 120 valence electrons. The van der Waals surface area contributed by atoms with Crippen LogP contribution in [0, 0.1) is 0 Å². The average Bonchev–Trinajstić information content (AvgIpc) is 2.98. The van der Waals surface area contributed by atoms with Crippen molar-refractivity contribution in [3.63, 3.8) is 0 Å². The lowest BCUT2D eigenvalue weighted by molar-refractivity contribution is 0.111. The zero-order chi connectivity index (χ0) is 16.5. The third-order valence-electron chi connectivity index (χ3n) is 4.45. The molecule has 1 aliphatic rings. The summed E-state index contributed by atoms with van der Waals surface area (Å²) in [5, 5.41) is 4.59. The van der Waals surface area contributed by atoms with Gasteiger partial charge in [-0.1, -0.05) is 36.4 Å². The van der Waals surface area contributed by atoms with E-state index in [1.807, 2.05) is 42.5 Å². The van der Waals surface area contributed by atoms with Crippen LogP contribution in [0.25, 0.3) is 22.4 Å². The van der Waals surface area contributed by atoms with Crippen molar-refractivity contribution in [3.8, 4) is 28.1 Å². The van der Waals surface area contributed by atoms with Crippen LogP contribution in [0.1, 0.15) is 22.5 Å². The lowest BCUT2D eigenvalue weighted by Gasteiger charge is -2.18. The summed E-state index contributed by atoms with van der Waals surface area (Å²) in [5.74, 6) is 0.947. The molecular formula is C20H18N2O2. The molecule has 0 N–H and O–H groups in total. The predicted molar refractivity (Wildman–Crippen MR) is 93.3 cm³/mol. The van der Waals surface area contributed by atoms with Crippen molar-refractivity contribution in [2.75, 3.05) is 6.61 Å². The Morgan fingerprint density at radius 1 is 1.12 bits per heavy atom. The number of fused-ring (bicyclic) bond motifs is 1. The van der Waals surface area contributed by atoms with Crippen molar-refractivity contribution < 1.29 is 9.53 Å². The highest BCUT2D eigenvalue weighted by molar-refractivity contribution is 5.93. The number of nitrogens with zero attached hydrogens (tertiary/aromatic N) is 2. The van der Waals surface area contributed by atoms with Gasteiger partial charge in [0, 0.05) is 18.2 Å². The molecule has 2 heterocycles. The quantitative estimate of drug-likeness (QED) is 0.688. The van der Waals surface area contributed by atoms with Crippen molar-refractivity contribution >= 4 is 6.29 Å². The van der Waals surface area contributed by atoms with Crippen LogP contribution in [0.2, 0.25) is 0 Å². The van der Waals surface area contributed by atoms with Crippen LogP contribution in [0.5, 0.6) is 5.75 Å². The fourth-order valence-electron chi connectivity index (χ4n) is 3.27. The summed E-state index contributed by atoms with van der Waals surface area (Å²) in [7, 11) is 1.81. The molecule has 0 atom stereocenters. The van der Waals surface area contributed by atoms with Gasteiger partial charge in [0.2, 0.25) is 0 Å². The molecular weight excluding hydrogens is 300 g/mol. The number of hydrogen-bond donors (Lipinski definition) is 0. The molecule has 0 saturated heterocycles. The molecule has 4 heteroatoms. The zero-order valence-corrected chi connectivity index (χ0v) is 13.5. The van der Waals surface area contributed by atoms with Gasteiger partial charge in [0.1, 0.15) is 17.1 Å². The molecule has 2 aromatic carbocycles. The molecule has 0 fully saturated rings. The molecule has 1 aromatic heterocycles. The van der Waals surface area contributed by atoms with Gasteiger partial charge in [-0.15, -0.1) is 0 Å².